The van der Waals surface area contributed by atoms with Crippen molar-refractivity contribution >= 4 is 0 Å². The Labute approximate surface area is 62.2 Å². The second-order valence-corrected chi connectivity index (χ2v) is 2.99. The lowest BCUT2D eigenvalue weighted by Crippen LogP contribution is -2.28. The first-order valence-corrected chi connectivity index (χ1v) is 4.19. The molecular formula is C8H16FN. The van der Waals surface area contributed by atoms with Crippen LogP contribution in [0.3, 0.4) is 0 Å². The third kappa shape index (κ3) is 2.25. The van der Waals surface area contributed by atoms with Crippen LogP contribution in [0.25, 0.3) is 0 Å². The molecule has 10 heavy (non-hydrogen) atoms. The van der Waals surface area contributed by atoms with Crippen LogP contribution >= 0.6 is 0 Å². The van der Waals surface area contributed by atoms with Crippen LogP contribution in [0.4, 0.5) is 4.39 Å². The van der Waals surface area contributed by atoms with Gasteiger partial charge in [-0.05, 0) is 32.4 Å². The van der Waals surface area contributed by atoms with E-state index in [1.165, 1.54) is 6.42 Å². The van der Waals surface area contributed by atoms with Gasteiger partial charge < -0.3 is 4.90 Å². The number of rotatable bonds is 1. The zero-order chi connectivity index (χ0) is 7.40. The average Bonchev–Trinajstić information content (AvgIpc) is 2.13. The number of halogens is 1. The van der Waals surface area contributed by atoms with E-state index in [0.717, 1.165) is 25.9 Å². The summed E-state index contributed by atoms with van der Waals surface area (Å²) in [5, 5.41) is 0. The lowest BCUT2D eigenvalue weighted by molar-refractivity contribution is 0.214. The number of hydrogen-bond acceptors (Lipinski definition) is 1. The highest BCUT2D eigenvalue weighted by Crippen LogP contribution is 2.12. The largest absolute Gasteiger partial charge is 0.301 e. The Kier molecular flexibility index (Phi) is 3.13. The van der Waals surface area contributed by atoms with E-state index >= 15 is 0 Å². The van der Waals surface area contributed by atoms with Crippen molar-refractivity contribution in [3.63, 3.8) is 0 Å². The van der Waals surface area contributed by atoms with Crippen molar-refractivity contribution in [2.24, 2.45) is 0 Å². The molecule has 1 unspecified atom stereocenters. The molecule has 0 spiro atoms. The van der Waals surface area contributed by atoms with E-state index in [2.05, 4.69) is 11.8 Å². The molecule has 0 saturated carbocycles. The maximum atomic E-state index is 12.8. The van der Waals surface area contributed by atoms with Gasteiger partial charge in [0, 0.05) is 6.54 Å². The summed E-state index contributed by atoms with van der Waals surface area (Å²) in [7, 11) is 0. The summed E-state index contributed by atoms with van der Waals surface area (Å²) in [5.41, 5.74) is 0. The van der Waals surface area contributed by atoms with Crippen molar-refractivity contribution in [3.8, 4) is 0 Å². The molecule has 1 fully saturated rings. The summed E-state index contributed by atoms with van der Waals surface area (Å²) in [6, 6.07) is 0. The standard InChI is InChI=1S/C8H16FN/c1-2-10-6-4-3-5-8(9)7-10/h8H,2-7H2,1H3. The van der Waals surface area contributed by atoms with Gasteiger partial charge in [0.15, 0.2) is 0 Å². The van der Waals surface area contributed by atoms with Gasteiger partial charge in [-0.25, -0.2) is 4.39 Å². The SMILES string of the molecule is CCN1CCCCC(F)C1. The highest BCUT2D eigenvalue weighted by atomic mass is 19.1. The van der Waals surface area contributed by atoms with Gasteiger partial charge in [-0.15, -0.1) is 0 Å². The summed E-state index contributed by atoms with van der Waals surface area (Å²) in [6.07, 6.45) is 2.45. The quantitative estimate of drug-likeness (QED) is 0.544. The summed E-state index contributed by atoms with van der Waals surface area (Å²) < 4.78 is 12.8. The van der Waals surface area contributed by atoms with Gasteiger partial charge in [-0.1, -0.05) is 6.92 Å². The van der Waals surface area contributed by atoms with Crippen LogP contribution < -0.4 is 0 Å². The molecule has 0 N–H and O–H groups in total. The first-order valence-electron chi connectivity index (χ1n) is 4.19. The van der Waals surface area contributed by atoms with E-state index in [-0.39, 0.29) is 0 Å². The molecule has 60 valence electrons. The zero-order valence-corrected chi connectivity index (χ0v) is 6.65. The molecule has 0 radical (unpaired) electrons. The summed E-state index contributed by atoms with van der Waals surface area (Å²) >= 11 is 0. The van der Waals surface area contributed by atoms with E-state index < -0.39 is 6.17 Å². The highest BCUT2D eigenvalue weighted by molar-refractivity contribution is 4.68. The normalized spacial score (nSPS) is 30.0. The number of likely N-dealkylation sites (tertiary alicyclic amines) is 1. The highest BCUT2D eigenvalue weighted by Gasteiger charge is 2.14. The van der Waals surface area contributed by atoms with Crippen LogP contribution in [-0.2, 0) is 0 Å². The van der Waals surface area contributed by atoms with Crippen LogP contribution in [-0.4, -0.2) is 30.7 Å². The van der Waals surface area contributed by atoms with E-state index in [1.807, 2.05) is 0 Å². The van der Waals surface area contributed by atoms with E-state index in [9.17, 15) is 4.39 Å². The lowest BCUT2D eigenvalue weighted by Gasteiger charge is -2.17. The molecule has 0 aromatic heterocycles. The average molecular weight is 145 g/mol. The summed E-state index contributed by atoms with van der Waals surface area (Å²) in [5.74, 6) is 0. The molecule has 0 aromatic rings. The predicted octanol–water partition coefficient (Wildman–Crippen LogP) is 1.83. The molecule has 0 amide bonds. The zero-order valence-electron chi connectivity index (χ0n) is 6.65. The fourth-order valence-corrected chi connectivity index (χ4v) is 1.45. The Bertz CT molecular complexity index is 95.3. The first-order chi connectivity index (χ1) is 4.83. The fraction of sp³-hybridized carbons (Fsp3) is 1.00. The Balaban J connectivity index is 2.30. The van der Waals surface area contributed by atoms with Gasteiger partial charge in [0.05, 0.1) is 0 Å². The van der Waals surface area contributed by atoms with Gasteiger partial charge in [-0.2, -0.15) is 0 Å². The molecular weight excluding hydrogens is 129 g/mol. The minimum absolute atomic E-state index is 0.567. The van der Waals surface area contributed by atoms with Gasteiger partial charge in [0.2, 0.25) is 0 Å². The second kappa shape index (κ2) is 3.91. The van der Waals surface area contributed by atoms with Crippen LogP contribution in [0.2, 0.25) is 0 Å². The van der Waals surface area contributed by atoms with Crippen molar-refractivity contribution in [3.05, 3.63) is 0 Å². The molecule has 0 bridgehead atoms. The van der Waals surface area contributed by atoms with Crippen molar-refractivity contribution in [1.82, 2.24) is 4.90 Å². The molecule has 1 aliphatic rings. The maximum absolute atomic E-state index is 12.8. The number of nitrogens with zero attached hydrogens (tertiary/aromatic N) is 1. The summed E-state index contributed by atoms with van der Waals surface area (Å²) in [6.45, 7) is 4.85. The van der Waals surface area contributed by atoms with E-state index in [4.69, 9.17) is 0 Å². The third-order valence-corrected chi connectivity index (χ3v) is 2.15. The summed E-state index contributed by atoms with van der Waals surface area (Å²) in [4.78, 5) is 2.19. The Hall–Kier alpha value is -0.110. The van der Waals surface area contributed by atoms with Crippen LogP contribution in [0, 0.1) is 0 Å². The molecule has 1 aliphatic heterocycles. The molecule has 1 rings (SSSR count). The van der Waals surface area contributed by atoms with Crippen molar-refractivity contribution in [1.29, 1.82) is 0 Å². The molecule has 0 aromatic carbocycles. The van der Waals surface area contributed by atoms with Crippen LogP contribution in [0.1, 0.15) is 26.2 Å². The van der Waals surface area contributed by atoms with Gasteiger partial charge >= 0.3 is 0 Å². The Morgan fingerprint density at radius 3 is 3.00 bits per heavy atom. The van der Waals surface area contributed by atoms with Crippen molar-refractivity contribution in [2.45, 2.75) is 32.4 Å². The predicted molar refractivity (Wildman–Crippen MR) is 40.9 cm³/mol. The smallest absolute Gasteiger partial charge is 0.113 e. The Morgan fingerprint density at radius 2 is 2.30 bits per heavy atom. The number of hydrogen-bond donors (Lipinski definition) is 0. The lowest BCUT2D eigenvalue weighted by atomic mass is 10.2. The van der Waals surface area contributed by atoms with Crippen LogP contribution in [0.15, 0.2) is 0 Å². The molecule has 1 nitrogen and oxygen atoms in total. The molecule has 1 atom stereocenters. The van der Waals surface area contributed by atoms with Gasteiger partial charge in [-0.3, -0.25) is 0 Å². The van der Waals surface area contributed by atoms with E-state index in [0.29, 0.717) is 6.54 Å². The Morgan fingerprint density at radius 1 is 1.50 bits per heavy atom. The molecule has 1 saturated heterocycles. The van der Waals surface area contributed by atoms with Gasteiger partial charge in [0.25, 0.3) is 0 Å². The van der Waals surface area contributed by atoms with E-state index in [1.54, 1.807) is 0 Å². The van der Waals surface area contributed by atoms with Gasteiger partial charge in [0.1, 0.15) is 6.17 Å². The fourth-order valence-electron chi connectivity index (χ4n) is 1.45. The maximum Gasteiger partial charge on any atom is 0.113 e. The first kappa shape index (κ1) is 7.99. The minimum Gasteiger partial charge on any atom is -0.301 e. The molecule has 2 heteroatoms. The topological polar surface area (TPSA) is 3.24 Å². The molecule has 1 heterocycles. The van der Waals surface area contributed by atoms with Crippen molar-refractivity contribution < 1.29 is 4.39 Å². The monoisotopic (exact) mass is 145 g/mol. The minimum atomic E-state index is -0.567. The molecule has 0 aliphatic carbocycles. The van der Waals surface area contributed by atoms with Crippen molar-refractivity contribution in [2.75, 3.05) is 19.6 Å². The second-order valence-electron chi connectivity index (χ2n) is 2.99. The number of alkyl halides is 1. The third-order valence-electron chi connectivity index (χ3n) is 2.15. The van der Waals surface area contributed by atoms with Crippen LogP contribution in [0.5, 0.6) is 0 Å².